The molecule has 0 amide bonds. The highest BCUT2D eigenvalue weighted by Gasteiger charge is 2.03. The minimum atomic E-state index is -0.0485. The molecule has 0 aliphatic rings. The van der Waals surface area contributed by atoms with Crippen LogP contribution < -0.4 is 10.5 Å². The van der Waals surface area contributed by atoms with Crippen LogP contribution in [-0.2, 0) is 6.61 Å². The molecule has 1 aromatic heterocycles. The zero-order valence-corrected chi connectivity index (χ0v) is 10.0. The molecule has 0 saturated heterocycles. The molecule has 1 aromatic carbocycles. The standard InChI is InChI=1S/C13H13N3O3/c14-13(16-18)10-4-5-12(15-7-10)19-11-3-1-2-9(6-11)8-17/h1-7,17-18H,8H2,(H2,14,16). The number of oxime groups is 1. The summed E-state index contributed by atoms with van der Waals surface area (Å²) < 4.78 is 5.52. The van der Waals surface area contributed by atoms with Crippen LogP contribution >= 0.6 is 0 Å². The van der Waals surface area contributed by atoms with Crippen LogP contribution in [0.3, 0.4) is 0 Å². The Labute approximate surface area is 109 Å². The zero-order valence-electron chi connectivity index (χ0n) is 10.0. The Morgan fingerprint density at radius 1 is 1.32 bits per heavy atom. The van der Waals surface area contributed by atoms with Crippen molar-refractivity contribution in [3.05, 3.63) is 53.7 Å². The number of benzene rings is 1. The Balaban J connectivity index is 2.15. The molecule has 4 N–H and O–H groups in total. The summed E-state index contributed by atoms with van der Waals surface area (Å²) in [6.45, 7) is -0.0485. The van der Waals surface area contributed by atoms with E-state index < -0.39 is 0 Å². The molecule has 98 valence electrons. The van der Waals surface area contributed by atoms with E-state index in [0.717, 1.165) is 5.56 Å². The third-order valence-corrected chi connectivity index (χ3v) is 2.44. The van der Waals surface area contributed by atoms with Gasteiger partial charge in [0.15, 0.2) is 5.84 Å². The van der Waals surface area contributed by atoms with E-state index >= 15 is 0 Å². The van der Waals surface area contributed by atoms with Crippen molar-refractivity contribution >= 4 is 5.84 Å². The lowest BCUT2D eigenvalue weighted by molar-refractivity contribution is 0.281. The van der Waals surface area contributed by atoms with Crippen molar-refractivity contribution in [2.45, 2.75) is 6.61 Å². The fraction of sp³-hybridized carbons (Fsp3) is 0.0769. The maximum Gasteiger partial charge on any atom is 0.219 e. The summed E-state index contributed by atoms with van der Waals surface area (Å²) in [4.78, 5) is 4.04. The molecular weight excluding hydrogens is 246 g/mol. The van der Waals surface area contributed by atoms with Crippen LogP contribution in [0.15, 0.2) is 47.8 Å². The molecule has 6 nitrogen and oxygen atoms in total. The van der Waals surface area contributed by atoms with E-state index in [1.807, 2.05) is 0 Å². The first-order valence-corrected chi connectivity index (χ1v) is 5.54. The van der Waals surface area contributed by atoms with Gasteiger partial charge in [0.2, 0.25) is 5.88 Å². The van der Waals surface area contributed by atoms with Crippen molar-refractivity contribution in [1.82, 2.24) is 4.98 Å². The normalized spacial score (nSPS) is 11.3. The van der Waals surface area contributed by atoms with Gasteiger partial charge in [0, 0.05) is 17.8 Å². The number of aliphatic hydroxyl groups excluding tert-OH is 1. The first kappa shape index (κ1) is 12.8. The van der Waals surface area contributed by atoms with Gasteiger partial charge in [0.25, 0.3) is 0 Å². The fourth-order valence-electron chi connectivity index (χ4n) is 1.48. The Hall–Kier alpha value is -2.60. The molecule has 0 saturated carbocycles. The average molecular weight is 259 g/mol. The topological polar surface area (TPSA) is 101 Å². The van der Waals surface area contributed by atoms with Gasteiger partial charge >= 0.3 is 0 Å². The Kier molecular flexibility index (Phi) is 3.94. The number of hydrogen-bond acceptors (Lipinski definition) is 5. The second-order valence-electron chi connectivity index (χ2n) is 3.78. The summed E-state index contributed by atoms with van der Waals surface area (Å²) in [6.07, 6.45) is 1.44. The quantitative estimate of drug-likeness (QED) is 0.334. The van der Waals surface area contributed by atoms with Gasteiger partial charge in [0.05, 0.1) is 6.61 Å². The van der Waals surface area contributed by atoms with Gasteiger partial charge in [0.1, 0.15) is 5.75 Å². The Morgan fingerprint density at radius 3 is 2.79 bits per heavy atom. The first-order chi connectivity index (χ1) is 9.22. The molecule has 2 aromatic rings. The van der Waals surface area contributed by atoms with Gasteiger partial charge in [-0.1, -0.05) is 17.3 Å². The van der Waals surface area contributed by atoms with Gasteiger partial charge in [-0.3, -0.25) is 0 Å². The van der Waals surface area contributed by atoms with Gasteiger partial charge < -0.3 is 20.8 Å². The van der Waals surface area contributed by atoms with Crippen molar-refractivity contribution in [2.75, 3.05) is 0 Å². The number of pyridine rings is 1. The second kappa shape index (κ2) is 5.83. The molecule has 0 atom stereocenters. The van der Waals surface area contributed by atoms with Crippen molar-refractivity contribution in [1.29, 1.82) is 0 Å². The minimum absolute atomic E-state index is 0.0127. The molecule has 0 radical (unpaired) electrons. The number of nitrogens with two attached hydrogens (primary N) is 1. The monoisotopic (exact) mass is 259 g/mol. The SMILES string of the molecule is NC(=NO)c1ccc(Oc2cccc(CO)c2)nc1. The molecule has 2 rings (SSSR count). The number of amidine groups is 1. The van der Waals surface area contributed by atoms with E-state index in [9.17, 15) is 0 Å². The molecule has 0 fully saturated rings. The van der Waals surface area contributed by atoms with Gasteiger partial charge in [-0.2, -0.15) is 0 Å². The average Bonchev–Trinajstić information content (AvgIpc) is 2.47. The zero-order chi connectivity index (χ0) is 13.7. The van der Waals surface area contributed by atoms with E-state index in [4.69, 9.17) is 20.8 Å². The molecule has 0 aliphatic heterocycles. The summed E-state index contributed by atoms with van der Waals surface area (Å²) in [5.74, 6) is 0.946. The number of ether oxygens (including phenoxy) is 1. The lowest BCUT2D eigenvalue weighted by atomic mass is 10.2. The molecule has 19 heavy (non-hydrogen) atoms. The summed E-state index contributed by atoms with van der Waals surface area (Å²) in [5.41, 5.74) is 6.68. The van der Waals surface area contributed by atoms with E-state index in [0.29, 0.717) is 17.2 Å². The van der Waals surface area contributed by atoms with Crippen molar-refractivity contribution in [3.63, 3.8) is 0 Å². The highest BCUT2D eigenvalue weighted by Crippen LogP contribution is 2.20. The van der Waals surface area contributed by atoms with Crippen molar-refractivity contribution in [3.8, 4) is 11.6 Å². The molecule has 0 bridgehead atoms. The van der Waals surface area contributed by atoms with E-state index in [1.54, 1.807) is 36.4 Å². The maximum atomic E-state index is 9.03. The van der Waals surface area contributed by atoms with Crippen LogP contribution in [0.25, 0.3) is 0 Å². The molecule has 6 heteroatoms. The first-order valence-electron chi connectivity index (χ1n) is 5.54. The number of rotatable bonds is 4. The third kappa shape index (κ3) is 3.20. The largest absolute Gasteiger partial charge is 0.439 e. The minimum Gasteiger partial charge on any atom is -0.439 e. The van der Waals surface area contributed by atoms with Crippen LogP contribution in [0.5, 0.6) is 11.6 Å². The highest BCUT2D eigenvalue weighted by molar-refractivity contribution is 5.96. The highest BCUT2D eigenvalue weighted by atomic mass is 16.5. The summed E-state index contributed by atoms with van der Waals surface area (Å²) in [6, 6.07) is 10.3. The number of hydrogen-bond donors (Lipinski definition) is 3. The third-order valence-electron chi connectivity index (χ3n) is 2.44. The Bertz CT molecular complexity index is 582. The number of aliphatic hydroxyl groups is 1. The van der Waals surface area contributed by atoms with Gasteiger partial charge in [-0.05, 0) is 23.8 Å². The van der Waals surface area contributed by atoms with Crippen molar-refractivity contribution < 1.29 is 15.1 Å². The van der Waals surface area contributed by atoms with Gasteiger partial charge in [-0.15, -0.1) is 0 Å². The van der Waals surface area contributed by atoms with Crippen molar-refractivity contribution in [2.24, 2.45) is 10.9 Å². The molecule has 0 spiro atoms. The van der Waals surface area contributed by atoms with Crippen LogP contribution in [0.2, 0.25) is 0 Å². The summed E-state index contributed by atoms with van der Waals surface area (Å²) >= 11 is 0. The van der Waals surface area contributed by atoms with Crippen LogP contribution in [-0.4, -0.2) is 21.1 Å². The number of nitrogens with zero attached hydrogens (tertiary/aromatic N) is 2. The summed E-state index contributed by atoms with van der Waals surface area (Å²) in [5, 5.41) is 20.4. The van der Waals surface area contributed by atoms with Gasteiger partial charge in [-0.25, -0.2) is 4.98 Å². The molecule has 0 aliphatic carbocycles. The van der Waals surface area contributed by atoms with Crippen LogP contribution in [0.1, 0.15) is 11.1 Å². The predicted molar refractivity (Wildman–Crippen MR) is 69.2 cm³/mol. The molecular formula is C13H13N3O3. The molecule has 0 unspecified atom stereocenters. The van der Waals surface area contributed by atoms with Crippen LogP contribution in [0, 0.1) is 0 Å². The van der Waals surface area contributed by atoms with Crippen LogP contribution in [0.4, 0.5) is 0 Å². The fourth-order valence-corrected chi connectivity index (χ4v) is 1.48. The predicted octanol–water partition coefficient (Wildman–Crippen LogP) is 1.46. The summed E-state index contributed by atoms with van der Waals surface area (Å²) in [7, 11) is 0. The smallest absolute Gasteiger partial charge is 0.219 e. The number of aromatic nitrogens is 1. The van der Waals surface area contributed by atoms with E-state index in [2.05, 4.69) is 10.1 Å². The maximum absolute atomic E-state index is 9.03. The second-order valence-corrected chi connectivity index (χ2v) is 3.78. The lowest BCUT2D eigenvalue weighted by Crippen LogP contribution is -2.13. The Morgan fingerprint density at radius 2 is 2.16 bits per heavy atom. The lowest BCUT2D eigenvalue weighted by Gasteiger charge is -2.06. The van der Waals surface area contributed by atoms with E-state index in [1.165, 1.54) is 6.20 Å². The van der Waals surface area contributed by atoms with E-state index in [-0.39, 0.29) is 12.4 Å². The molecule has 1 heterocycles.